The minimum atomic E-state index is -0.259. The Morgan fingerprint density at radius 1 is 1.17 bits per heavy atom. The first kappa shape index (κ1) is 16.4. The lowest BCUT2D eigenvalue weighted by atomic mass is 10.1. The van der Waals surface area contributed by atoms with Gasteiger partial charge in [0.2, 0.25) is 0 Å². The van der Waals surface area contributed by atoms with Crippen molar-refractivity contribution in [1.29, 1.82) is 0 Å². The van der Waals surface area contributed by atoms with Gasteiger partial charge in [-0.15, -0.1) is 11.3 Å². The van der Waals surface area contributed by atoms with Gasteiger partial charge in [-0.2, -0.15) is 0 Å². The van der Waals surface area contributed by atoms with Crippen LogP contribution in [0.2, 0.25) is 0 Å². The van der Waals surface area contributed by atoms with Crippen molar-refractivity contribution >= 4 is 29.2 Å². The number of aromatic nitrogens is 1. The Kier molecular flexibility index (Phi) is 5.38. The van der Waals surface area contributed by atoms with E-state index in [0.29, 0.717) is 10.6 Å². The molecule has 1 saturated heterocycles. The summed E-state index contributed by atoms with van der Waals surface area (Å²) in [5.41, 5.74) is 1.08. The largest absolute Gasteiger partial charge is 0.337 e. The third-order valence-electron chi connectivity index (χ3n) is 3.86. The summed E-state index contributed by atoms with van der Waals surface area (Å²) in [5.74, 6) is -0.394. The molecule has 124 valence electrons. The average molecular weight is 341 g/mol. The molecule has 0 aromatic carbocycles. The van der Waals surface area contributed by atoms with E-state index in [1.54, 1.807) is 35.5 Å². The monoisotopic (exact) mass is 341 g/mol. The van der Waals surface area contributed by atoms with Gasteiger partial charge in [0.05, 0.1) is 4.88 Å². The molecule has 0 radical (unpaired) electrons. The minimum Gasteiger partial charge on any atom is -0.337 e. The molecule has 5 nitrogen and oxygen atoms in total. The number of rotatable bonds is 4. The first-order valence-electron chi connectivity index (χ1n) is 8.00. The maximum Gasteiger partial charge on any atom is 0.270 e. The molecule has 0 bridgehead atoms. The Bertz CT molecular complexity index is 720. The molecular weight excluding hydrogens is 322 g/mol. The van der Waals surface area contributed by atoms with Crippen LogP contribution in [-0.4, -0.2) is 34.8 Å². The second-order valence-electron chi connectivity index (χ2n) is 5.63. The summed E-state index contributed by atoms with van der Waals surface area (Å²) in [6.07, 6.45) is 8.19. The molecule has 0 saturated carbocycles. The molecule has 1 aliphatic heterocycles. The number of pyridine rings is 1. The second kappa shape index (κ2) is 7.88. The summed E-state index contributed by atoms with van der Waals surface area (Å²) in [6, 6.07) is 7.22. The molecule has 2 aromatic rings. The highest BCUT2D eigenvalue weighted by Crippen LogP contribution is 2.15. The molecule has 1 N–H and O–H groups in total. The number of hydrogen-bond acceptors (Lipinski definition) is 4. The maximum absolute atomic E-state index is 12.8. The predicted octanol–water partition coefficient (Wildman–Crippen LogP) is 2.93. The van der Waals surface area contributed by atoms with Gasteiger partial charge in [0.15, 0.2) is 0 Å². The molecule has 3 rings (SSSR count). The minimum absolute atomic E-state index is 0.136. The molecule has 2 aromatic heterocycles. The Hall–Kier alpha value is -2.47. The van der Waals surface area contributed by atoms with Crippen molar-refractivity contribution in [2.24, 2.45) is 0 Å². The summed E-state index contributed by atoms with van der Waals surface area (Å²) in [5, 5.41) is 4.62. The van der Waals surface area contributed by atoms with Gasteiger partial charge in [-0.3, -0.25) is 14.6 Å². The zero-order chi connectivity index (χ0) is 16.8. The van der Waals surface area contributed by atoms with Gasteiger partial charge in [-0.25, -0.2) is 0 Å². The first-order chi connectivity index (χ1) is 11.7. The van der Waals surface area contributed by atoms with Crippen molar-refractivity contribution in [2.45, 2.75) is 19.3 Å². The number of amides is 2. The SMILES string of the molecule is O=C(N/C(=C/c1cccnc1)C(=O)N1CCCCC1)c1cccs1. The van der Waals surface area contributed by atoms with Crippen LogP contribution in [0, 0.1) is 0 Å². The van der Waals surface area contributed by atoms with Gasteiger partial charge in [0, 0.05) is 25.5 Å². The number of nitrogens with zero attached hydrogens (tertiary/aromatic N) is 2. The highest BCUT2D eigenvalue weighted by atomic mass is 32.1. The van der Waals surface area contributed by atoms with E-state index in [1.807, 2.05) is 17.5 Å². The summed E-state index contributed by atoms with van der Waals surface area (Å²) >= 11 is 1.35. The Balaban J connectivity index is 1.84. The predicted molar refractivity (Wildman–Crippen MR) is 94.4 cm³/mol. The number of hydrogen-bond donors (Lipinski definition) is 1. The number of nitrogens with one attached hydrogen (secondary N) is 1. The Morgan fingerprint density at radius 3 is 2.67 bits per heavy atom. The van der Waals surface area contributed by atoms with Crippen LogP contribution in [0.25, 0.3) is 6.08 Å². The van der Waals surface area contributed by atoms with Crippen molar-refractivity contribution in [3.63, 3.8) is 0 Å². The van der Waals surface area contributed by atoms with Crippen LogP contribution in [0.4, 0.5) is 0 Å². The fraction of sp³-hybridized carbons (Fsp3) is 0.278. The molecule has 0 spiro atoms. The lowest BCUT2D eigenvalue weighted by molar-refractivity contribution is -0.128. The Labute approximate surface area is 145 Å². The third-order valence-corrected chi connectivity index (χ3v) is 4.73. The number of piperidine rings is 1. The van der Waals surface area contributed by atoms with Gasteiger partial charge in [-0.1, -0.05) is 12.1 Å². The smallest absolute Gasteiger partial charge is 0.270 e. The lowest BCUT2D eigenvalue weighted by Gasteiger charge is -2.27. The van der Waals surface area contributed by atoms with E-state index in [1.165, 1.54) is 11.3 Å². The molecule has 3 heterocycles. The number of thiophene rings is 1. The summed E-state index contributed by atoms with van der Waals surface area (Å²) < 4.78 is 0. The molecule has 6 heteroatoms. The molecule has 1 aliphatic rings. The van der Waals surface area contributed by atoms with Crippen molar-refractivity contribution in [1.82, 2.24) is 15.2 Å². The molecule has 0 unspecified atom stereocenters. The number of carbonyl (C=O) groups is 2. The number of carbonyl (C=O) groups excluding carboxylic acids is 2. The van der Waals surface area contributed by atoms with Crippen LogP contribution in [0.15, 0.2) is 47.7 Å². The van der Waals surface area contributed by atoms with Crippen LogP contribution in [0.5, 0.6) is 0 Å². The Morgan fingerprint density at radius 2 is 2.00 bits per heavy atom. The third kappa shape index (κ3) is 4.08. The van der Waals surface area contributed by atoms with Gasteiger partial charge in [0.1, 0.15) is 5.70 Å². The van der Waals surface area contributed by atoms with E-state index in [-0.39, 0.29) is 11.8 Å². The van der Waals surface area contributed by atoms with E-state index in [4.69, 9.17) is 0 Å². The van der Waals surface area contributed by atoms with Crippen molar-refractivity contribution in [3.8, 4) is 0 Å². The summed E-state index contributed by atoms with van der Waals surface area (Å²) in [7, 11) is 0. The summed E-state index contributed by atoms with van der Waals surface area (Å²) in [6.45, 7) is 1.47. The van der Waals surface area contributed by atoms with Crippen LogP contribution in [0.1, 0.15) is 34.5 Å². The van der Waals surface area contributed by atoms with E-state index >= 15 is 0 Å². The highest BCUT2D eigenvalue weighted by molar-refractivity contribution is 7.12. The number of likely N-dealkylation sites (tertiary alicyclic amines) is 1. The zero-order valence-corrected chi connectivity index (χ0v) is 14.1. The molecule has 24 heavy (non-hydrogen) atoms. The normalized spacial score (nSPS) is 15.2. The molecule has 0 atom stereocenters. The van der Waals surface area contributed by atoms with E-state index in [0.717, 1.165) is 37.9 Å². The van der Waals surface area contributed by atoms with E-state index in [9.17, 15) is 9.59 Å². The lowest BCUT2D eigenvalue weighted by Crippen LogP contribution is -2.41. The van der Waals surface area contributed by atoms with Gasteiger partial charge < -0.3 is 10.2 Å². The van der Waals surface area contributed by atoms with Crippen LogP contribution < -0.4 is 5.32 Å². The standard InChI is InChI=1S/C18H19N3O2S/c22-17(16-7-5-11-24-16)20-15(12-14-6-4-8-19-13-14)18(23)21-9-2-1-3-10-21/h4-8,11-13H,1-3,9-10H2,(H,20,22)/b15-12+. The first-order valence-corrected chi connectivity index (χ1v) is 8.88. The van der Waals surface area contributed by atoms with Crippen LogP contribution >= 0.6 is 11.3 Å². The fourth-order valence-electron chi connectivity index (χ4n) is 2.64. The van der Waals surface area contributed by atoms with Gasteiger partial charge in [-0.05, 0) is 48.4 Å². The fourth-order valence-corrected chi connectivity index (χ4v) is 3.26. The topological polar surface area (TPSA) is 62.3 Å². The van der Waals surface area contributed by atoms with Crippen molar-refractivity contribution < 1.29 is 9.59 Å². The molecular formula is C18H19N3O2S. The average Bonchev–Trinajstić information content (AvgIpc) is 3.17. The van der Waals surface area contributed by atoms with Crippen LogP contribution in [0.3, 0.4) is 0 Å². The molecule has 2 amide bonds. The maximum atomic E-state index is 12.8. The van der Waals surface area contributed by atoms with Crippen molar-refractivity contribution in [3.05, 3.63) is 58.2 Å². The van der Waals surface area contributed by atoms with Crippen LogP contribution in [-0.2, 0) is 4.79 Å². The van der Waals surface area contributed by atoms with Gasteiger partial charge >= 0.3 is 0 Å². The quantitative estimate of drug-likeness (QED) is 0.870. The molecule has 1 fully saturated rings. The van der Waals surface area contributed by atoms with Crippen molar-refractivity contribution in [2.75, 3.05) is 13.1 Å². The zero-order valence-electron chi connectivity index (χ0n) is 13.3. The molecule has 0 aliphatic carbocycles. The van der Waals surface area contributed by atoms with E-state index < -0.39 is 0 Å². The highest BCUT2D eigenvalue weighted by Gasteiger charge is 2.22. The second-order valence-corrected chi connectivity index (χ2v) is 6.58. The summed E-state index contributed by atoms with van der Waals surface area (Å²) in [4.78, 5) is 31.6. The van der Waals surface area contributed by atoms with E-state index in [2.05, 4.69) is 10.3 Å². The van der Waals surface area contributed by atoms with Gasteiger partial charge in [0.25, 0.3) is 11.8 Å².